The van der Waals surface area contributed by atoms with E-state index < -0.39 is 29.6 Å². The van der Waals surface area contributed by atoms with Gasteiger partial charge in [-0.25, -0.2) is 18.9 Å². The van der Waals surface area contributed by atoms with Gasteiger partial charge < -0.3 is 14.7 Å². The first kappa shape index (κ1) is 19.5. The molecule has 8 heteroatoms. The molecule has 2 rings (SSSR count). The minimum Gasteiger partial charge on any atom is -0.443 e. The van der Waals surface area contributed by atoms with Crippen LogP contribution in [0.4, 0.5) is 14.0 Å². The molecule has 6 nitrogen and oxygen atoms in total. The topological polar surface area (TPSA) is 70.1 Å². The molecular formula is C17H22ClFN2O4. The minimum absolute atomic E-state index is 0.0972. The van der Waals surface area contributed by atoms with Crippen molar-refractivity contribution < 1.29 is 23.8 Å². The molecule has 1 unspecified atom stereocenters. The maximum Gasteiger partial charge on any atom is 0.418 e. The second kappa shape index (κ2) is 7.17. The zero-order valence-corrected chi connectivity index (χ0v) is 15.4. The average molecular weight is 373 g/mol. The molecule has 1 aromatic carbocycles. The Morgan fingerprint density at radius 3 is 2.60 bits per heavy atom. The van der Waals surface area contributed by atoms with Crippen LogP contribution in [0.3, 0.4) is 0 Å². The number of imide groups is 1. The van der Waals surface area contributed by atoms with E-state index in [2.05, 4.69) is 0 Å². The van der Waals surface area contributed by atoms with Gasteiger partial charge in [0, 0.05) is 17.1 Å². The fraction of sp³-hybridized carbons (Fsp3) is 0.529. The highest BCUT2D eigenvalue weighted by Crippen LogP contribution is 2.32. The largest absolute Gasteiger partial charge is 0.443 e. The summed E-state index contributed by atoms with van der Waals surface area (Å²) in [7, 11) is 0. The third-order valence-corrected chi connectivity index (χ3v) is 4.26. The zero-order chi connectivity index (χ0) is 18.9. The Morgan fingerprint density at radius 1 is 1.40 bits per heavy atom. The van der Waals surface area contributed by atoms with E-state index in [9.17, 15) is 19.1 Å². The number of halogens is 2. The first-order valence-electron chi connectivity index (χ1n) is 7.95. The number of hydrogen-bond acceptors (Lipinski definition) is 4. The number of amides is 3. The first-order chi connectivity index (χ1) is 11.5. The lowest BCUT2D eigenvalue weighted by atomic mass is 10.0. The van der Waals surface area contributed by atoms with Crippen molar-refractivity contribution in [1.82, 2.24) is 9.80 Å². The number of hydrogen-bond donors (Lipinski definition) is 1. The lowest BCUT2D eigenvalue weighted by Gasteiger charge is -2.27. The standard InChI is InChI=1S/C17H22ClFN2O4/c1-10(12-7-11(19)8-14(18)13(12)9-22)20-5-6-21(15(20)23)16(24)25-17(2,3)4/h7-8,10,22H,5-6,9H2,1-4H3. The summed E-state index contributed by atoms with van der Waals surface area (Å²) in [6, 6.07) is 1.27. The van der Waals surface area contributed by atoms with Gasteiger partial charge in [-0.1, -0.05) is 11.6 Å². The molecule has 25 heavy (non-hydrogen) atoms. The zero-order valence-electron chi connectivity index (χ0n) is 14.7. The molecule has 0 saturated carbocycles. The molecule has 1 saturated heterocycles. The minimum atomic E-state index is -0.716. The van der Waals surface area contributed by atoms with Crippen molar-refractivity contribution >= 4 is 23.7 Å². The molecule has 1 aliphatic heterocycles. The van der Waals surface area contributed by atoms with E-state index in [1.807, 2.05) is 0 Å². The molecule has 1 atom stereocenters. The number of ether oxygens (including phenoxy) is 1. The third kappa shape index (κ3) is 4.22. The number of rotatable bonds is 3. The molecule has 1 aromatic rings. The van der Waals surface area contributed by atoms with E-state index in [1.54, 1.807) is 27.7 Å². The van der Waals surface area contributed by atoms with Gasteiger partial charge in [0.15, 0.2) is 0 Å². The van der Waals surface area contributed by atoms with Crippen LogP contribution in [0, 0.1) is 5.82 Å². The van der Waals surface area contributed by atoms with E-state index in [0.29, 0.717) is 11.1 Å². The summed E-state index contributed by atoms with van der Waals surface area (Å²) < 4.78 is 19.0. The molecule has 0 aliphatic carbocycles. The van der Waals surface area contributed by atoms with Crippen LogP contribution in [0.1, 0.15) is 44.9 Å². The highest BCUT2D eigenvalue weighted by molar-refractivity contribution is 6.31. The van der Waals surface area contributed by atoms with Gasteiger partial charge in [0.25, 0.3) is 0 Å². The molecule has 1 N–H and O–H groups in total. The predicted molar refractivity (Wildman–Crippen MR) is 90.8 cm³/mol. The van der Waals surface area contributed by atoms with Gasteiger partial charge in [0.1, 0.15) is 11.4 Å². The number of urea groups is 1. The van der Waals surface area contributed by atoms with E-state index in [-0.39, 0.29) is 24.7 Å². The second-order valence-corrected chi connectivity index (χ2v) is 7.30. The van der Waals surface area contributed by atoms with Gasteiger partial charge in [0.05, 0.1) is 19.2 Å². The van der Waals surface area contributed by atoms with Crippen LogP contribution in [0.15, 0.2) is 12.1 Å². The monoisotopic (exact) mass is 372 g/mol. The highest BCUT2D eigenvalue weighted by atomic mass is 35.5. The van der Waals surface area contributed by atoms with E-state index in [1.165, 1.54) is 11.0 Å². The van der Waals surface area contributed by atoms with Crippen molar-refractivity contribution in [3.05, 3.63) is 34.1 Å². The fourth-order valence-corrected chi connectivity index (χ4v) is 3.00. The Kier molecular flexibility index (Phi) is 5.58. The Morgan fingerprint density at radius 2 is 2.04 bits per heavy atom. The summed E-state index contributed by atoms with van der Waals surface area (Å²) in [5, 5.41) is 9.62. The highest BCUT2D eigenvalue weighted by Gasteiger charge is 2.39. The Balaban J connectivity index is 2.24. The van der Waals surface area contributed by atoms with E-state index in [0.717, 1.165) is 11.0 Å². The lowest BCUT2D eigenvalue weighted by Crippen LogP contribution is -2.40. The molecule has 0 bridgehead atoms. The smallest absolute Gasteiger partial charge is 0.418 e. The van der Waals surface area contributed by atoms with Gasteiger partial charge in [-0.3, -0.25) is 0 Å². The Hall–Kier alpha value is -1.86. The summed E-state index contributed by atoms with van der Waals surface area (Å²) >= 11 is 5.99. The molecular weight excluding hydrogens is 351 g/mol. The van der Waals surface area contributed by atoms with Crippen LogP contribution >= 0.6 is 11.6 Å². The van der Waals surface area contributed by atoms with Crippen LogP contribution in [0.25, 0.3) is 0 Å². The van der Waals surface area contributed by atoms with Crippen molar-refractivity contribution in [2.45, 2.75) is 45.9 Å². The summed E-state index contributed by atoms with van der Waals surface area (Å²) in [6.45, 7) is 6.92. The summed E-state index contributed by atoms with van der Waals surface area (Å²) in [5.74, 6) is -0.556. The van der Waals surface area contributed by atoms with Crippen molar-refractivity contribution in [1.29, 1.82) is 0 Å². The third-order valence-electron chi connectivity index (χ3n) is 3.93. The van der Waals surface area contributed by atoms with Crippen molar-refractivity contribution in [2.24, 2.45) is 0 Å². The molecule has 0 aromatic heterocycles. The molecule has 3 amide bonds. The number of aliphatic hydroxyl groups is 1. The molecule has 1 fully saturated rings. The van der Waals surface area contributed by atoms with Gasteiger partial charge in [-0.05, 0) is 45.4 Å². The van der Waals surface area contributed by atoms with E-state index >= 15 is 0 Å². The maximum atomic E-state index is 13.7. The Bertz CT molecular complexity index is 690. The number of nitrogens with zero attached hydrogens (tertiary/aromatic N) is 2. The summed E-state index contributed by atoms with van der Waals surface area (Å²) in [4.78, 5) is 27.2. The normalized spacial score (nSPS) is 16.4. The van der Waals surface area contributed by atoms with Gasteiger partial charge in [-0.2, -0.15) is 0 Å². The van der Waals surface area contributed by atoms with Crippen LogP contribution in [0.2, 0.25) is 5.02 Å². The van der Waals surface area contributed by atoms with E-state index in [4.69, 9.17) is 16.3 Å². The SMILES string of the molecule is CC(c1cc(F)cc(Cl)c1CO)N1CCN(C(=O)OC(C)(C)C)C1=O. The van der Waals surface area contributed by atoms with Gasteiger partial charge in [-0.15, -0.1) is 0 Å². The number of benzene rings is 1. The molecule has 138 valence electrons. The molecule has 1 aliphatic rings. The first-order valence-corrected chi connectivity index (χ1v) is 8.32. The van der Waals surface area contributed by atoms with Crippen LogP contribution in [-0.2, 0) is 11.3 Å². The molecule has 1 heterocycles. The van der Waals surface area contributed by atoms with Gasteiger partial charge in [0.2, 0.25) is 0 Å². The van der Waals surface area contributed by atoms with Crippen LogP contribution < -0.4 is 0 Å². The molecule has 0 spiro atoms. The summed E-state index contributed by atoms with van der Waals surface area (Å²) in [5.41, 5.74) is 0.0577. The average Bonchev–Trinajstić information content (AvgIpc) is 2.85. The Labute approximate surface area is 151 Å². The summed E-state index contributed by atoms with van der Waals surface area (Å²) in [6.07, 6.45) is -0.716. The maximum absolute atomic E-state index is 13.7. The van der Waals surface area contributed by atoms with Crippen LogP contribution in [-0.4, -0.2) is 45.7 Å². The molecule has 0 radical (unpaired) electrons. The van der Waals surface area contributed by atoms with Crippen molar-refractivity contribution in [2.75, 3.05) is 13.1 Å². The number of carbonyl (C=O) groups is 2. The van der Waals surface area contributed by atoms with Crippen molar-refractivity contribution in [3.8, 4) is 0 Å². The van der Waals surface area contributed by atoms with Crippen LogP contribution in [0.5, 0.6) is 0 Å². The number of carbonyl (C=O) groups excluding carboxylic acids is 2. The fourth-order valence-electron chi connectivity index (χ4n) is 2.73. The predicted octanol–water partition coefficient (Wildman–Crippen LogP) is 3.71. The second-order valence-electron chi connectivity index (χ2n) is 6.90. The lowest BCUT2D eigenvalue weighted by molar-refractivity contribution is 0.0346. The van der Waals surface area contributed by atoms with Gasteiger partial charge >= 0.3 is 12.1 Å². The number of aliphatic hydroxyl groups excluding tert-OH is 1. The van der Waals surface area contributed by atoms with Crippen molar-refractivity contribution in [3.63, 3.8) is 0 Å². The quantitative estimate of drug-likeness (QED) is 0.878.